The highest BCUT2D eigenvalue weighted by atomic mass is 19.1. The zero-order valence-corrected chi connectivity index (χ0v) is 13.1. The lowest BCUT2D eigenvalue weighted by molar-refractivity contribution is 0.0955. The van der Waals surface area contributed by atoms with Gasteiger partial charge in [0.25, 0.3) is 5.91 Å². The molecule has 1 aromatic heterocycles. The smallest absolute Gasteiger partial charge is 0.273 e. The van der Waals surface area contributed by atoms with Crippen LogP contribution in [0.1, 0.15) is 22.8 Å². The van der Waals surface area contributed by atoms with Gasteiger partial charge in [0, 0.05) is 12.4 Å². The summed E-state index contributed by atoms with van der Waals surface area (Å²) in [5.74, 6) is -0.614. The number of hydrogen-bond acceptors (Lipinski definition) is 2. The first-order chi connectivity index (χ1) is 11.6. The summed E-state index contributed by atoms with van der Waals surface area (Å²) in [6.07, 6.45) is 3.75. The summed E-state index contributed by atoms with van der Waals surface area (Å²) < 4.78 is 14.8. The number of para-hydroxylation sites is 1. The summed E-state index contributed by atoms with van der Waals surface area (Å²) in [6, 6.07) is 17.0. The predicted octanol–water partition coefficient (Wildman–Crippen LogP) is 3.77. The largest absolute Gasteiger partial charge is 0.323 e. The number of benzene rings is 2. The van der Waals surface area contributed by atoms with Crippen molar-refractivity contribution in [2.24, 2.45) is 5.10 Å². The van der Waals surface area contributed by atoms with Crippen LogP contribution in [0.25, 0.3) is 5.69 Å². The molecule has 3 aromatic rings. The van der Waals surface area contributed by atoms with Gasteiger partial charge in [-0.05, 0) is 48.9 Å². The summed E-state index contributed by atoms with van der Waals surface area (Å²) in [7, 11) is 0. The monoisotopic (exact) mass is 321 g/mol. The topological polar surface area (TPSA) is 46.4 Å². The second-order valence-corrected chi connectivity index (χ2v) is 5.25. The average molecular weight is 321 g/mol. The summed E-state index contributed by atoms with van der Waals surface area (Å²) in [4.78, 5) is 12.5. The number of halogens is 1. The van der Waals surface area contributed by atoms with Crippen molar-refractivity contribution in [3.05, 3.63) is 90.0 Å². The number of amides is 1. The number of rotatable bonds is 4. The van der Waals surface area contributed by atoms with Crippen LogP contribution >= 0.6 is 0 Å². The van der Waals surface area contributed by atoms with Gasteiger partial charge in [0.05, 0.1) is 17.0 Å². The van der Waals surface area contributed by atoms with Gasteiger partial charge in [0.15, 0.2) is 0 Å². The first-order valence-electron chi connectivity index (χ1n) is 7.48. The van der Waals surface area contributed by atoms with Gasteiger partial charge < -0.3 is 4.57 Å². The fourth-order valence-corrected chi connectivity index (χ4v) is 2.34. The van der Waals surface area contributed by atoms with Gasteiger partial charge in [-0.2, -0.15) is 5.10 Å². The molecular formula is C19H16FN3O. The number of nitrogens with zero attached hydrogens (tertiary/aromatic N) is 2. The molecule has 0 aliphatic carbocycles. The molecule has 0 aliphatic rings. The van der Waals surface area contributed by atoms with Gasteiger partial charge >= 0.3 is 0 Å². The Morgan fingerprint density at radius 3 is 2.38 bits per heavy atom. The van der Waals surface area contributed by atoms with Crippen LogP contribution in [0.2, 0.25) is 0 Å². The van der Waals surface area contributed by atoms with E-state index in [4.69, 9.17) is 0 Å². The van der Waals surface area contributed by atoms with Crippen LogP contribution < -0.4 is 5.43 Å². The van der Waals surface area contributed by atoms with Crippen molar-refractivity contribution in [1.82, 2.24) is 9.99 Å². The zero-order chi connectivity index (χ0) is 16.9. The lowest BCUT2D eigenvalue weighted by atomic mass is 10.1. The number of carbonyl (C=O) groups excluding carboxylic acids is 1. The molecule has 120 valence electrons. The number of aromatic nitrogens is 1. The molecule has 0 unspecified atom stereocenters. The van der Waals surface area contributed by atoms with Crippen LogP contribution in [-0.4, -0.2) is 16.2 Å². The lowest BCUT2D eigenvalue weighted by Gasteiger charge is -2.09. The van der Waals surface area contributed by atoms with Crippen LogP contribution in [0.5, 0.6) is 0 Å². The van der Waals surface area contributed by atoms with Crippen LogP contribution in [0, 0.1) is 5.82 Å². The Balaban J connectivity index is 1.81. The van der Waals surface area contributed by atoms with Crippen molar-refractivity contribution in [3.63, 3.8) is 0 Å². The normalized spacial score (nSPS) is 11.3. The molecular weight excluding hydrogens is 305 g/mol. The van der Waals surface area contributed by atoms with E-state index in [-0.39, 0.29) is 11.7 Å². The van der Waals surface area contributed by atoms with Crippen molar-refractivity contribution in [2.75, 3.05) is 0 Å². The highest BCUT2D eigenvalue weighted by molar-refractivity contribution is 6.01. The molecule has 0 radical (unpaired) electrons. The first-order valence-corrected chi connectivity index (χ1v) is 7.48. The quantitative estimate of drug-likeness (QED) is 0.577. The maximum Gasteiger partial charge on any atom is 0.273 e. The van der Waals surface area contributed by atoms with E-state index >= 15 is 0 Å². The number of carbonyl (C=O) groups is 1. The van der Waals surface area contributed by atoms with E-state index in [2.05, 4.69) is 10.5 Å². The minimum atomic E-state index is -0.309. The molecule has 3 rings (SSSR count). The first kappa shape index (κ1) is 15.7. The molecule has 0 saturated heterocycles. The molecule has 1 amide bonds. The molecule has 5 heteroatoms. The molecule has 0 fully saturated rings. The third kappa shape index (κ3) is 3.41. The van der Waals surface area contributed by atoms with Crippen LogP contribution in [0.15, 0.2) is 78.2 Å². The molecule has 0 saturated carbocycles. The third-order valence-electron chi connectivity index (χ3n) is 3.62. The predicted molar refractivity (Wildman–Crippen MR) is 91.8 cm³/mol. The second kappa shape index (κ2) is 6.91. The van der Waals surface area contributed by atoms with Crippen molar-refractivity contribution in [1.29, 1.82) is 0 Å². The Morgan fingerprint density at radius 1 is 1.00 bits per heavy atom. The van der Waals surface area contributed by atoms with Crippen LogP contribution in [0.4, 0.5) is 4.39 Å². The van der Waals surface area contributed by atoms with Gasteiger partial charge in [-0.25, -0.2) is 9.82 Å². The Hall–Kier alpha value is -3.21. The SMILES string of the molecule is CC(=NNC(=O)c1ccccc1-n1cccc1)c1ccc(F)cc1. The Morgan fingerprint density at radius 2 is 1.67 bits per heavy atom. The third-order valence-corrected chi connectivity index (χ3v) is 3.62. The standard InChI is InChI=1S/C19H16FN3O/c1-14(15-8-10-16(20)11-9-15)21-22-19(24)17-6-2-3-7-18(17)23-12-4-5-13-23/h2-13H,1H3,(H,22,24). The maximum atomic E-state index is 13.0. The van der Waals surface area contributed by atoms with E-state index in [1.54, 1.807) is 31.2 Å². The van der Waals surface area contributed by atoms with Crippen LogP contribution in [-0.2, 0) is 0 Å². The second-order valence-electron chi connectivity index (χ2n) is 5.25. The molecule has 0 aliphatic heterocycles. The zero-order valence-electron chi connectivity index (χ0n) is 13.1. The van der Waals surface area contributed by atoms with Crippen molar-refractivity contribution in [2.45, 2.75) is 6.92 Å². The number of hydrazone groups is 1. The molecule has 1 N–H and O–H groups in total. The van der Waals surface area contributed by atoms with E-state index in [0.29, 0.717) is 11.3 Å². The molecule has 1 heterocycles. The van der Waals surface area contributed by atoms with E-state index in [0.717, 1.165) is 11.3 Å². The van der Waals surface area contributed by atoms with Gasteiger partial charge in [-0.1, -0.05) is 24.3 Å². The molecule has 0 atom stereocenters. The average Bonchev–Trinajstić information content (AvgIpc) is 3.14. The van der Waals surface area contributed by atoms with E-state index in [1.165, 1.54) is 12.1 Å². The molecule has 4 nitrogen and oxygen atoms in total. The van der Waals surface area contributed by atoms with E-state index in [9.17, 15) is 9.18 Å². The summed E-state index contributed by atoms with van der Waals surface area (Å²) in [6.45, 7) is 1.76. The number of nitrogens with one attached hydrogen (secondary N) is 1. The Kier molecular flexibility index (Phi) is 4.52. The van der Waals surface area contributed by atoms with E-state index < -0.39 is 0 Å². The minimum Gasteiger partial charge on any atom is -0.323 e. The van der Waals surface area contributed by atoms with Gasteiger partial charge in [-0.15, -0.1) is 0 Å². The fourth-order valence-electron chi connectivity index (χ4n) is 2.34. The maximum absolute atomic E-state index is 13.0. The number of hydrogen-bond donors (Lipinski definition) is 1. The lowest BCUT2D eigenvalue weighted by Crippen LogP contribution is -2.21. The summed E-state index contributed by atoms with van der Waals surface area (Å²) in [5, 5.41) is 4.11. The van der Waals surface area contributed by atoms with Gasteiger partial charge in [0.1, 0.15) is 5.82 Å². The highest BCUT2D eigenvalue weighted by Crippen LogP contribution is 2.14. The molecule has 0 bridgehead atoms. The van der Waals surface area contributed by atoms with Crippen molar-refractivity contribution >= 4 is 11.6 Å². The molecule has 2 aromatic carbocycles. The van der Waals surface area contributed by atoms with E-state index in [1.807, 2.05) is 41.2 Å². The van der Waals surface area contributed by atoms with Crippen molar-refractivity contribution in [3.8, 4) is 5.69 Å². The van der Waals surface area contributed by atoms with Gasteiger partial charge in [0.2, 0.25) is 0 Å². The molecule has 0 spiro atoms. The Labute approximate surface area is 139 Å². The summed E-state index contributed by atoms with van der Waals surface area (Å²) >= 11 is 0. The minimum absolute atomic E-state index is 0.305. The fraction of sp³-hybridized carbons (Fsp3) is 0.0526. The van der Waals surface area contributed by atoms with Crippen LogP contribution in [0.3, 0.4) is 0 Å². The van der Waals surface area contributed by atoms with Gasteiger partial charge in [-0.3, -0.25) is 4.79 Å². The van der Waals surface area contributed by atoms with Crippen molar-refractivity contribution < 1.29 is 9.18 Å². The summed E-state index contributed by atoms with van der Waals surface area (Å²) in [5.41, 5.74) is 5.19. The highest BCUT2D eigenvalue weighted by Gasteiger charge is 2.11. The Bertz CT molecular complexity index is 868. The molecule has 24 heavy (non-hydrogen) atoms.